The number of aryl methyl sites for hydroxylation is 2. The lowest BCUT2D eigenvalue weighted by Crippen LogP contribution is -2.00. The Bertz CT molecular complexity index is 302. The van der Waals surface area contributed by atoms with Crippen LogP contribution < -0.4 is 0 Å². The van der Waals surface area contributed by atoms with Crippen LogP contribution >= 0.6 is 0 Å². The summed E-state index contributed by atoms with van der Waals surface area (Å²) in [6, 6.07) is 6.52. The molecule has 0 bridgehead atoms. The van der Waals surface area contributed by atoms with Gasteiger partial charge in [-0.05, 0) is 37.3 Å². The number of hydrogen-bond donors (Lipinski definition) is 0. The van der Waals surface area contributed by atoms with Crippen molar-refractivity contribution in [3.05, 3.63) is 34.9 Å². The Morgan fingerprint density at radius 1 is 1.20 bits per heavy atom. The molecule has 0 aliphatic rings. The highest BCUT2D eigenvalue weighted by molar-refractivity contribution is 5.29. The molecule has 0 radical (unpaired) electrons. The summed E-state index contributed by atoms with van der Waals surface area (Å²) < 4.78 is 5.65. The van der Waals surface area contributed by atoms with Crippen molar-refractivity contribution in [2.24, 2.45) is 5.92 Å². The molecule has 0 heterocycles. The quantitative estimate of drug-likeness (QED) is 0.665. The van der Waals surface area contributed by atoms with Gasteiger partial charge in [-0.25, -0.2) is 0 Å². The van der Waals surface area contributed by atoms with Crippen molar-refractivity contribution in [3.8, 4) is 0 Å². The van der Waals surface area contributed by atoms with E-state index < -0.39 is 0 Å². The number of benzene rings is 1. The molecule has 0 unspecified atom stereocenters. The van der Waals surface area contributed by atoms with E-state index in [1.165, 1.54) is 16.7 Å². The van der Waals surface area contributed by atoms with Crippen molar-refractivity contribution < 1.29 is 4.74 Å². The Balaban J connectivity index is 2.37. The lowest BCUT2D eigenvalue weighted by atomic mass is 10.1. The van der Waals surface area contributed by atoms with Gasteiger partial charge < -0.3 is 4.74 Å². The average Bonchev–Trinajstić information content (AvgIpc) is 2.14. The Hall–Kier alpha value is -0.820. The van der Waals surface area contributed by atoms with Gasteiger partial charge in [0.15, 0.2) is 0 Å². The molecule has 1 aromatic carbocycles. The molecule has 0 spiro atoms. The van der Waals surface area contributed by atoms with Gasteiger partial charge in [0.2, 0.25) is 0 Å². The summed E-state index contributed by atoms with van der Waals surface area (Å²) in [6.45, 7) is 10.3. The molecule has 0 aliphatic carbocycles. The third kappa shape index (κ3) is 4.48. The first-order valence-corrected chi connectivity index (χ1v) is 5.73. The standard InChI is InChI=1S/C14H22O/c1-11(2)7-8-15-10-14-6-5-12(3)9-13(14)4/h5-6,9,11H,7-8,10H2,1-4H3. The molecular weight excluding hydrogens is 184 g/mol. The Morgan fingerprint density at radius 3 is 2.53 bits per heavy atom. The van der Waals surface area contributed by atoms with Crippen LogP contribution in [0, 0.1) is 19.8 Å². The summed E-state index contributed by atoms with van der Waals surface area (Å²) in [7, 11) is 0. The molecule has 0 atom stereocenters. The van der Waals surface area contributed by atoms with Crippen LogP contribution in [0.4, 0.5) is 0 Å². The second kappa shape index (κ2) is 5.92. The number of hydrogen-bond acceptors (Lipinski definition) is 1. The van der Waals surface area contributed by atoms with Crippen molar-refractivity contribution >= 4 is 0 Å². The zero-order chi connectivity index (χ0) is 11.3. The van der Waals surface area contributed by atoms with E-state index in [9.17, 15) is 0 Å². The fraction of sp³-hybridized carbons (Fsp3) is 0.571. The van der Waals surface area contributed by atoms with Crippen molar-refractivity contribution in [1.29, 1.82) is 0 Å². The molecule has 0 amide bonds. The third-order valence-corrected chi connectivity index (χ3v) is 2.60. The summed E-state index contributed by atoms with van der Waals surface area (Å²) in [5.41, 5.74) is 3.96. The van der Waals surface area contributed by atoms with E-state index in [2.05, 4.69) is 45.9 Å². The predicted octanol–water partition coefficient (Wildman–Crippen LogP) is 3.87. The maximum absolute atomic E-state index is 5.65. The van der Waals surface area contributed by atoms with E-state index in [0.717, 1.165) is 25.6 Å². The minimum absolute atomic E-state index is 0.726. The van der Waals surface area contributed by atoms with E-state index in [-0.39, 0.29) is 0 Å². The average molecular weight is 206 g/mol. The highest BCUT2D eigenvalue weighted by Crippen LogP contribution is 2.12. The van der Waals surface area contributed by atoms with Crippen LogP contribution in [0.15, 0.2) is 18.2 Å². The predicted molar refractivity (Wildman–Crippen MR) is 65.0 cm³/mol. The summed E-state index contributed by atoms with van der Waals surface area (Å²) in [5, 5.41) is 0. The first kappa shape index (κ1) is 12.3. The molecule has 15 heavy (non-hydrogen) atoms. The molecular formula is C14H22O. The van der Waals surface area contributed by atoms with Crippen molar-refractivity contribution in [1.82, 2.24) is 0 Å². The summed E-state index contributed by atoms with van der Waals surface area (Å²) >= 11 is 0. The topological polar surface area (TPSA) is 9.23 Å². The zero-order valence-corrected chi connectivity index (χ0v) is 10.3. The molecule has 0 saturated carbocycles. The lowest BCUT2D eigenvalue weighted by Gasteiger charge is -2.09. The van der Waals surface area contributed by atoms with E-state index in [1.807, 2.05) is 0 Å². The molecule has 1 heteroatoms. The molecule has 0 fully saturated rings. The van der Waals surface area contributed by atoms with Crippen LogP contribution in [-0.4, -0.2) is 6.61 Å². The largest absolute Gasteiger partial charge is 0.377 e. The minimum Gasteiger partial charge on any atom is -0.377 e. The van der Waals surface area contributed by atoms with Gasteiger partial charge in [0.25, 0.3) is 0 Å². The second-order valence-electron chi connectivity index (χ2n) is 4.67. The molecule has 1 aromatic rings. The van der Waals surface area contributed by atoms with E-state index in [0.29, 0.717) is 0 Å². The van der Waals surface area contributed by atoms with Crippen LogP contribution in [0.2, 0.25) is 0 Å². The molecule has 0 saturated heterocycles. The minimum atomic E-state index is 0.726. The lowest BCUT2D eigenvalue weighted by molar-refractivity contribution is 0.110. The number of ether oxygens (including phenoxy) is 1. The Morgan fingerprint density at radius 2 is 1.93 bits per heavy atom. The van der Waals surface area contributed by atoms with Gasteiger partial charge >= 0.3 is 0 Å². The van der Waals surface area contributed by atoms with Crippen molar-refractivity contribution in [2.75, 3.05) is 6.61 Å². The fourth-order valence-electron chi connectivity index (χ4n) is 1.51. The molecule has 0 aliphatic heterocycles. The van der Waals surface area contributed by atoms with Crippen LogP contribution in [-0.2, 0) is 11.3 Å². The molecule has 0 N–H and O–H groups in total. The van der Waals surface area contributed by atoms with E-state index in [1.54, 1.807) is 0 Å². The summed E-state index contributed by atoms with van der Waals surface area (Å²) in [4.78, 5) is 0. The van der Waals surface area contributed by atoms with Crippen LogP contribution in [0.5, 0.6) is 0 Å². The molecule has 0 aromatic heterocycles. The summed E-state index contributed by atoms with van der Waals surface area (Å²) in [6.07, 6.45) is 1.14. The molecule has 84 valence electrons. The van der Waals surface area contributed by atoms with Gasteiger partial charge in [-0.15, -0.1) is 0 Å². The number of rotatable bonds is 5. The Kier molecular flexibility index (Phi) is 4.83. The summed E-state index contributed by atoms with van der Waals surface area (Å²) in [5.74, 6) is 0.726. The monoisotopic (exact) mass is 206 g/mol. The normalized spacial score (nSPS) is 11.0. The first-order chi connectivity index (χ1) is 7.09. The maximum atomic E-state index is 5.65. The highest BCUT2D eigenvalue weighted by atomic mass is 16.5. The van der Waals surface area contributed by atoms with Crippen LogP contribution in [0.25, 0.3) is 0 Å². The van der Waals surface area contributed by atoms with E-state index >= 15 is 0 Å². The first-order valence-electron chi connectivity index (χ1n) is 5.73. The molecule has 1 nitrogen and oxygen atoms in total. The van der Waals surface area contributed by atoms with Gasteiger partial charge in [0.1, 0.15) is 0 Å². The smallest absolute Gasteiger partial charge is 0.0719 e. The van der Waals surface area contributed by atoms with Gasteiger partial charge in [-0.1, -0.05) is 37.6 Å². The van der Waals surface area contributed by atoms with Crippen LogP contribution in [0.3, 0.4) is 0 Å². The second-order valence-corrected chi connectivity index (χ2v) is 4.67. The van der Waals surface area contributed by atoms with Gasteiger partial charge in [0.05, 0.1) is 6.61 Å². The molecule has 1 rings (SSSR count). The maximum Gasteiger partial charge on any atom is 0.0719 e. The SMILES string of the molecule is Cc1ccc(COCCC(C)C)c(C)c1. The third-order valence-electron chi connectivity index (χ3n) is 2.60. The zero-order valence-electron chi connectivity index (χ0n) is 10.3. The van der Waals surface area contributed by atoms with Crippen molar-refractivity contribution in [2.45, 2.75) is 40.7 Å². The fourth-order valence-corrected chi connectivity index (χ4v) is 1.51. The Labute approximate surface area is 93.5 Å². The van der Waals surface area contributed by atoms with E-state index in [4.69, 9.17) is 4.74 Å². The van der Waals surface area contributed by atoms with Gasteiger partial charge in [-0.2, -0.15) is 0 Å². The van der Waals surface area contributed by atoms with Gasteiger partial charge in [-0.3, -0.25) is 0 Å². The van der Waals surface area contributed by atoms with Gasteiger partial charge in [0, 0.05) is 6.61 Å². The highest BCUT2D eigenvalue weighted by Gasteiger charge is 1.99. The van der Waals surface area contributed by atoms with Crippen LogP contribution in [0.1, 0.15) is 37.0 Å². The van der Waals surface area contributed by atoms with Crippen molar-refractivity contribution in [3.63, 3.8) is 0 Å².